The number of carbonyl (C=O) groups is 3. The van der Waals surface area contributed by atoms with Crippen molar-refractivity contribution in [2.45, 2.75) is 309 Å². The van der Waals surface area contributed by atoms with Crippen LogP contribution in [0.5, 0.6) is 0 Å². The molecule has 6 nitrogen and oxygen atoms in total. The van der Waals surface area contributed by atoms with Gasteiger partial charge in [0.25, 0.3) is 0 Å². The van der Waals surface area contributed by atoms with Crippen LogP contribution in [0.3, 0.4) is 0 Å². The Bertz CT molecular complexity index is 1090. The van der Waals surface area contributed by atoms with E-state index in [4.69, 9.17) is 14.2 Å². The van der Waals surface area contributed by atoms with Gasteiger partial charge in [-0.2, -0.15) is 0 Å². The molecule has 0 N–H and O–H groups in total. The molecule has 0 heterocycles. The van der Waals surface area contributed by atoms with Crippen LogP contribution in [0.4, 0.5) is 0 Å². The summed E-state index contributed by atoms with van der Waals surface area (Å²) < 4.78 is 16.8. The van der Waals surface area contributed by atoms with E-state index >= 15 is 0 Å². The molecule has 0 saturated heterocycles. The largest absolute Gasteiger partial charge is 0.462 e. The van der Waals surface area contributed by atoms with Crippen LogP contribution in [0, 0.1) is 0 Å². The number of hydrogen-bond acceptors (Lipinski definition) is 6. The van der Waals surface area contributed by atoms with Crippen LogP contribution >= 0.6 is 0 Å². The van der Waals surface area contributed by atoms with Gasteiger partial charge in [0.05, 0.1) is 0 Å². The first kappa shape index (κ1) is 62.6. The summed E-state index contributed by atoms with van der Waals surface area (Å²) in [5.74, 6) is -0.893. The summed E-state index contributed by atoms with van der Waals surface area (Å²) in [6.45, 7) is 6.54. The molecular formula is C59H108O6. The van der Waals surface area contributed by atoms with Gasteiger partial charge in [0, 0.05) is 19.3 Å². The van der Waals surface area contributed by atoms with E-state index < -0.39 is 6.10 Å². The van der Waals surface area contributed by atoms with Crippen molar-refractivity contribution in [3.05, 3.63) is 36.5 Å². The van der Waals surface area contributed by atoms with Crippen LogP contribution in [0.1, 0.15) is 303 Å². The molecule has 0 aliphatic rings. The Kier molecular flexibility index (Phi) is 52.3. The van der Waals surface area contributed by atoms with Gasteiger partial charge in [0.15, 0.2) is 6.10 Å². The summed E-state index contributed by atoms with van der Waals surface area (Å²) in [7, 11) is 0. The van der Waals surface area contributed by atoms with E-state index in [0.717, 1.165) is 83.5 Å². The lowest BCUT2D eigenvalue weighted by molar-refractivity contribution is -0.167. The maximum Gasteiger partial charge on any atom is 0.306 e. The Hall–Kier alpha value is -2.37. The van der Waals surface area contributed by atoms with E-state index in [1.807, 2.05) is 0 Å². The van der Waals surface area contributed by atoms with Crippen molar-refractivity contribution in [3.63, 3.8) is 0 Å². The lowest BCUT2D eigenvalue weighted by Gasteiger charge is -2.18. The number of carbonyl (C=O) groups excluding carboxylic acids is 3. The molecule has 0 aliphatic heterocycles. The van der Waals surface area contributed by atoms with Crippen molar-refractivity contribution in [1.29, 1.82) is 0 Å². The topological polar surface area (TPSA) is 78.9 Å². The summed E-state index contributed by atoms with van der Waals surface area (Å²) in [4.78, 5) is 38.0. The van der Waals surface area contributed by atoms with E-state index in [1.165, 1.54) is 180 Å². The third-order valence-electron chi connectivity index (χ3n) is 12.7. The van der Waals surface area contributed by atoms with E-state index in [0.29, 0.717) is 19.3 Å². The fraction of sp³-hybridized carbons (Fsp3) is 0.847. The van der Waals surface area contributed by atoms with Gasteiger partial charge < -0.3 is 14.2 Å². The van der Waals surface area contributed by atoms with Gasteiger partial charge in [-0.15, -0.1) is 0 Å². The minimum absolute atomic E-state index is 0.0795. The monoisotopic (exact) mass is 913 g/mol. The Morgan fingerprint density at radius 3 is 0.938 bits per heavy atom. The summed E-state index contributed by atoms with van der Waals surface area (Å²) in [5.41, 5.74) is 0. The molecule has 1 unspecified atom stereocenters. The zero-order valence-corrected chi connectivity index (χ0v) is 43.5. The molecular weight excluding hydrogens is 805 g/mol. The average Bonchev–Trinajstić information content (AvgIpc) is 3.30. The van der Waals surface area contributed by atoms with Crippen LogP contribution in [0.15, 0.2) is 36.5 Å². The highest BCUT2D eigenvalue weighted by atomic mass is 16.6. The first-order valence-electron chi connectivity index (χ1n) is 28.5. The summed E-state index contributed by atoms with van der Waals surface area (Å²) in [6, 6.07) is 0. The second kappa shape index (κ2) is 54.2. The Balaban J connectivity index is 4.25. The Labute approximate surface area is 404 Å². The minimum atomic E-state index is -0.782. The lowest BCUT2D eigenvalue weighted by Crippen LogP contribution is -2.30. The molecule has 0 saturated carbocycles. The van der Waals surface area contributed by atoms with Crippen LogP contribution < -0.4 is 0 Å². The van der Waals surface area contributed by atoms with E-state index in [1.54, 1.807) is 0 Å². The zero-order valence-electron chi connectivity index (χ0n) is 43.5. The summed E-state index contributed by atoms with van der Waals surface area (Å²) in [6.07, 6.45) is 64.3. The highest BCUT2D eigenvalue weighted by molar-refractivity contribution is 5.71. The van der Waals surface area contributed by atoms with Gasteiger partial charge in [0.1, 0.15) is 13.2 Å². The quantitative estimate of drug-likeness (QED) is 0.0262. The number of unbranched alkanes of at least 4 members (excludes halogenated alkanes) is 35. The maximum absolute atomic E-state index is 12.8. The molecule has 0 aliphatic carbocycles. The lowest BCUT2D eigenvalue weighted by atomic mass is 10.0. The van der Waals surface area contributed by atoms with Gasteiger partial charge >= 0.3 is 17.9 Å². The number of esters is 3. The SMILES string of the molecule is CC/C=C\C/C=C\C/C=C\CCCCCC(=O)OC(COC(=O)CCCCCCCCCCCCCC)COC(=O)CCCCCCCCCCCCCCCCCCCCCCCC. The maximum atomic E-state index is 12.8. The highest BCUT2D eigenvalue weighted by Crippen LogP contribution is 2.17. The molecule has 6 heteroatoms. The summed E-state index contributed by atoms with van der Waals surface area (Å²) >= 11 is 0. The van der Waals surface area contributed by atoms with E-state index in [2.05, 4.69) is 57.2 Å². The number of hydrogen-bond donors (Lipinski definition) is 0. The Morgan fingerprint density at radius 1 is 0.323 bits per heavy atom. The molecule has 0 bridgehead atoms. The van der Waals surface area contributed by atoms with Crippen LogP contribution in [0.25, 0.3) is 0 Å². The first-order chi connectivity index (χ1) is 32.0. The van der Waals surface area contributed by atoms with Crippen molar-refractivity contribution in [2.75, 3.05) is 13.2 Å². The highest BCUT2D eigenvalue weighted by Gasteiger charge is 2.19. The third kappa shape index (κ3) is 52.5. The molecule has 0 radical (unpaired) electrons. The fourth-order valence-electron chi connectivity index (χ4n) is 8.40. The molecule has 0 spiro atoms. The normalized spacial score (nSPS) is 12.2. The molecule has 1 atom stereocenters. The van der Waals surface area contributed by atoms with Crippen LogP contribution in [-0.4, -0.2) is 37.2 Å². The minimum Gasteiger partial charge on any atom is -0.462 e. The smallest absolute Gasteiger partial charge is 0.306 e. The predicted molar refractivity (Wildman–Crippen MR) is 279 cm³/mol. The molecule has 0 aromatic carbocycles. The molecule has 0 aromatic rings. The second-order valence-corrected chi connectivity index (χ2v) is 19.2. The van der Waals surface area contributed by atoms with Crippen LogP contribution in [0.2, 0.25) is 0 Å². The van der Waals surface area contributed by atoms with E-state index in [9.17, 15) is 14.4 Å². The van der Waals surface area contributed by atoms with E-state index in [-0.39, 0.29) is 31.1 Å². The standard InChI is InChI=1S/C59H108O6/c1-4-7-10-13-16-19-22-25-26-27-28-29-30-31-32-33-35-37-40-43-46-49-52-58(61)64-55-56(54-63-57(60)51-48-45-42-39-36-24-21-18-15-12-9-6-3)65-59(62)53-50-47-44-41-38-34-23-20-17-14-11-8-5-2/h8,11,17,20,34,38,56H,4-7,9-10,12-16,18-19,21-33,35-37,39-55H2,1-3H3/b11-8-,20-17-,38-34-. The summed E-state index contributed by atoms with van der Waals surface area (Å²) in [5, 5.41) is 0. The van der Waals surface area contributed by atoms with Gasteiger partial charge in [-0.3, -0.25) is 14.4 Å². The average molecular weight is 914 g/mol. The fourth-order valence-corrected chi connectivity index (χ4v) is 8.40. The van der Waals surface area contributed by atoms with Crippen LogP contribution in [-0.2, 0) is 28.6 Å². The Morgan fingerprint density at radius 2 is 0.600 bits per heavy atom. The van der Waals surface area contributed by atoms with Crippen molar-refractivity contribution < 1.29 is 28.6 Å². The predicted octanol–water partition coefficient (Wildman–Crippen LogP) is 18.9. The second-order valence-electron chi connectivity index (χ2n) is 19.2. The zero-order chi connectivity index (χ0) is 47.2. The number of ether oxygens (including phenoxy) is 3. The molecule has 0 rings (SSSR count). The van der Waals surface area contributed by atoms with Crippen molar-refractivity contribution in [3.8, 4) is 0 Å². The molecule has 0 amide bonds. The van der Waals surface area contributed by atoms with Gasteiger partial charge in [-0.25, -0.2) is 0 Å². The number of rotatable bonds is 52. The van der Waals surface area contributed by atoms with Crippen molar-refractivity contribution in [1.82, 2.24) is 0 Å². The molecule has 0 fully saturated rings. The third-order valence-corrected chi connectivity index (χ3v) is 12.7. The van der Waals surface area contributed by atoms with Gasteiger partial charge in [-0.1, -0.05) is 269 Å². The first-order valence-corrected chi connectivity index (χ1v) is 28.5. The number of allylic oxidation sites excluding steroid dienone is 6. The van der Waals surface area contributed by atoms with Gasteiger partial charge in [0.2, 0.25) is 0 Å². The molecule has 380 valence electrons. The van der Waals surface area contributed by atoms with Gasteiger partial charge in [-0.05, 0) is 51.4 Å². The molecule has 65 heavy (non-hydrogen) atoms. The van der Waals surface area contributed by atoms with Crippen molar-refractivity contribution >= 4 is 17.9 Å². The van der Waals surface area contributed by atoms with Crippen molar-refractivity contribution in [2.24, 2.45) is 0 Å². The molecule has 0 aromatic heterocycles.